The van der Waals surface area contributed by atoms with E-state index in [1.165, 1.54) is 10.9 Å². The van der Waals surface area contributed by atoms with Crippen molar-refractivity contribution >= 4 is 11.9 Å². The molecule has 0 aliphatic carbocycles. The molecule has 0 aliphatic heterocycles. The van der Waals surface area contributed by atoms with Crippen molar-refractivity contribution in [2.24, 2.45) is 7.05 Å². The van der Waals surface area contributed by atoms with Crippen LogP contribution in [0.4, 0.5) is 0 Å². The zero-order chi connectivity index (χ0) is 18.8. The van der Waals surface area contributed by atoms with Gasteiger partial charge >= 0.3 is 5.97 Å². The summed E-state index contributed by atoms with van der Waals surface area (Å²) in [4.78, 5) is 23.6. The van der Waals surface area contributed by atoms with E-state index < -0.39 is 11.9 Å². The third kappa shape index (κ3) is 3.21. The fraction of sp³-hybridized carbons (Fsp3) is 0.222. The second-order valence-corrected chi connectivity index (χ2v) is 5.95. The van der Waals surface area contributed by atoms with Gasteiger partial charge in [0.05, 0.1) is 16.9 Å². The Kier molecular flexibility index (Phi) is 4.57. The first-order valence-corrected chi connectivity index (χ1v) is 8.04. The van der Waals surface area contributed by atoms with Gasteiger partial charge in [-0.15, -0.1) is 0 Å². The summed E-state index contributed by atoms with van der Waals surface area (Å²) in [5.74, 6) is -1.72. The zero-order valence-electron chi connectivity index (χ0n) is 14.7. The number of amides is 1. The summed E-state index contributed by atoms with van der Waals surface area (Å²) in [6, 6.07) is 9.71. The predicted molar refractivity (Wildman–Crippen MR) is 94.4 cm³/mol. The Morgan fingerprint density at radius 2 is 1.85 bits per heavy atom. The van der Waals surface area contributed by atoms with Crippen LogP contribution in [-0.4, -0.2) is 36.5 Å². The molecule has 8 nitrogen and oxygen atoms in total. The van der Waals surface area contributed by atoms with Crippen molar-refractivity contribution in [1.29, 1.82) is 0 Å². The number of nitrogens with zero attached hydrogens (tertiary/aromatic N) is 4. The number of aromatic carboxylic acids is 1. The number of aryl methyl sites for hydroxylation is 2. The van der Waals surface area contributed by atoms with Crippen molar-refractivity contribution in [2.75, 3.05) is 0 Å². The van der Waals surface area contributed by atoms with E-state index in [0.717, 1.165) is 22.6 Å². The Labute approximate surface area is 150 Å². The lowest BCUT2D eigenvalue weighted by atomic mass is 10.1. The molecular formula is C18H19N5O3. The average molecular weight is 353 g/mol. The van der Waals surface area contributed by atoms with Gasteiger partial charge in [0.1, 0.15) is 0 Å². The number of rotatable bonds is 5. The molecule has 134 valence electrons. The van der Waals surface area contributed by atoms with Crippen molar-refractivity contribution in [1.82, 2.24) is 24.9 Å². The summed E-state index contributed by atoms with van der Waals surface area (Å²) >= 11 is 0. The quantitative estimate of drug-likeness (QED) is 0.729. The van der Waals surface area contributed by atoms with Crippen LogP contribution in [0.2, 0.25) is 0 Å². The standard InChI is InChI=1S/C18H19N5O3/c1-11-14(12(2)23(20-11)13-7-5-4-6-8-13)9-19-17(24)15-10-22(3)21-16(15)18(25)26/h4-8,10H,9H2,1-3H3,(H,19,24)(H,25,26). The molecule has 0 unspecified atom stereocenters. The van der Waals surface area contributed by atoms with Crippen molar-refractivity contribution in [2.45, 2.75) is 20.4 Å². The number of benzene rings is 1. The Morgan fingerprint density at radius 3 is 2.50 bits per heavy atom. The number of hydrogen-bond donors (Lipinski definition) is 2. The topological polar surface area (TPSA) is 102 Å². The number of hydrogen-bond acceptors (Lipinski definition) is 4. The molecule has 0 atom stereocenters. The summed E-state index contributed by atoms with van der Waals surface area (Å²) in [5.41, 5.74) is 3.31. The van der Waals surface area contributed by atoms with Crippen LogP contribution in [0.1, 0.15) is 37.8 Å². The Morgan fingerprint density at radius 1 is 1.15 bits per heavy atom. The number of nitrogens with one attached hydrogen (secondary N) is 1. The average Bonchev–Trinajstić information content (AvgIpc) is 3.14. The molecule has 1 amide bonds. The van der Waals surface area contributed by atoms with Crippen LogP contribution in [0.3, 0.4) is 0 Å². The lowest BCUT2D eigenvalue weighted by Gasteiger charge is -2.07. The molecule has 3 rings (SSSR count). The Balaban J connectivity index is 1.82. The molecule has 1 aromatic carbocycles. The fourth-order valence-electron chi connectivity index (χ4n) is 2.83. The first-order valence-electron chi connectivity index (χ1n) is 8.04. The molecule has 0 saturated carbocycles. The minimum absolute atomic E-state index is 0.0331. The van der Waals surface area contributed by atoms with Gasteiger partial charge in [-0.3, -0.25) is 9.48 Å². The summed E-state index contributed by atoms with van der Waals surface area (Å²) in [5, 5.41) is 20.3. The van der Waals surface area contributed by atoms with Crippen LogP contribution in [0, 0.1) is 13.8 Å². The van der Waals surface area contributed by atoms with E-state index in [1.54, 1.807) is 7.05 Å². The molecular weight excluding hydrogens is 334 g/mol. The number of carboxylic acids is 1. The second-order valence-electron chi connectivity index (χ2n) is 5.95. The van der Waals surface area contributed by atoms with Gasteiger partial charge in [-0.25, -0.2) is 9.48 Å². The SMILES string of the molecule is Cc1nn(-c2ccccc2)c(C)c1CNC(=O)c1cn(C)nc1C(=O)O. The van der Waals surface area contributed by atoms with Gasteiger partial charge in [-0.1, -0.05) is 18.2 Å². The van der Waals surface area contributed by atoms with Crippen LogP contribution in [0.5, 0.6) is 0 Å². The van der Waals surface area contributed by atoms with Gasteiger partial charge in [0.2, 0.25) is 0 Å². The third-order valence-corrected chi connectivity index (χ3v) is 4.14. The van der Waals surface area contributed by atoms with Crippen molar-refractivity contribution in [3.05, 3.63) is 64.7 Å². The number of carbonyl (C=O) groups excluding carboxylic acids is 1. The summed E-state index contributed by atoms with van der Waals surface area (Å²) in [6.45, 7) is 4.05. The normalized spacial score (nSPS) is 10.7. The molecule has 0 radical (unpaired) electrons. The van der Waals surface area contributed by atoms with Crippen molar-refractivity contribution in [3.8, 4) is 5.69 Å². The van der Waals surface area contributed by atoms with E-state index in [9.17, 15) is 9.59 Å². The van der Waals surface area contributed by atoms with Crippen molar-refractivity contribution < 1.29 is 14.7 Å². The first kappa shape index (κ1) is 17.4. The highest BCUT2D eigenvalue weighted by Gasteiger charge is 2.21. The lowest BCUT2D eigenvalue weighted by molar-refractivity contribution is 0.0684. The smallest absolute Gasteiger partial charge is 0.357 e. The highest BCUT2D eigenvalue weighted by Crippen LogP contribution is 2.18. The van der Waals surface area contributed by atoms with Crippen LogP contribution < -0.4 is 5.32 Å². The van der Waals surface area contributed by atoms with Gasteiger partial charge < -0.3 is 10.4 Å². The van der Waals surface area contributed by atoms with E-state index in [4.69, 9.17) is 5.11 Å². The molecule has 0 fully saturated rings. The van der Waals surface area contributed by atoms with Gasteiger partial charge in [-0.05, 0) is 26.0 Å². The van der Waals surface area contributed by atoms with E-state index in [1.807, 2.05) is 48.9 Å². The Hall–Kier alpha value is -3.42. The Bertz CT molecular complexity index is 972. The minimum Gasteiger partial charge on any atom is -0.476 e. The predicted octanol–water partition coefficient (Wildman–Crippen LogP) is 1.85. The summed E-state index contributed by atoms with van der Waals surface area (Å²) in [6.07, 6.45) is 1.39. The molecule has 0 spiro atoms. The van der Waals surface area contributed by atoms with E-state index in [2.05, 4.69) is 15.5 Å². The zero-order valence-corrected chi connectivity index (χ0v) is 14.7. The third-order valence-electron chi connectivity index (χ3n) is 4.14. The minimum atomic E-state index is -1.24. The van der Waals surface area contributed by atoms with E-state index in [0.29, 0.717) is 0 Å². The highest BCUT2D eigenvalue weighted by atomic mass is 16.4. The lowest BCUT2D eigenvalue weighted by Crippen LogP contribution is -2.25. The maximum absolute atomic E-state index is 12.4. The monoisotopic (exact) mass is 353 g/mol. The second kappa shape index (κ2) is 6.83. The molecule has 8 heteroatoms. The fourth-order valence-corrected chi connectivity index (χ4v) is 2.83. The number of carbonyl (C=O) groups is 2. The highest BCUT2D eigenvalue weighted by molar-refractivity contribution is 6.03. The molecule has 3 aromatic rings. The van der Waals surface area contributed by atoms with E-state index >= 15 is 0 Å². The molecule has 2 heterocycles. The first-order chi connectivity index (χ1) is 12.4. The molecule has 2 N–H and O–H groups in total. The van der Waals surface area contributed by atoms with Crippen LogP contribution in [0.15, 0.2) is 36.5 Å². The molecule has 0 aliphatic rings. The maximum Gasteiger partial charge on any atom is 0.357 e. The van der Waals surface area contributed by atoms with Crippen LogP contribution in [-0.2, 0) is 13.6 Å². The van der Waals surface area contributed by atoms with Crippen LogP contribution in [0.25, 0.3) is 5.69 Å². The van der Waals surface area contributed by atoms with Gasteiger partial charge in [-0.2, -0.15) is 10.2 Å². The van der Waals surface area contributed by atoms with Crippen LogP contribution >= 0.6 is 0 Å². The van der Waals surface area contributed by atoms with E-state index in [-0.39, 0.29) is 17.8 Å². The maximum atomic E-state index is 12.4. The molecule has 26 heavy (non-hydrogen) atoms. The summed E-state index contributed by atoms with van der Waals surface area (Å²) in [7, 11) is 1.57. The van der Waals surface area contributed by atoms with Gasteiger partial charge in [0.15, 0.2) is 5.69 Å². The largest absolute Gasteiger partial charge is 0.476 e. The molecule has 0 saturated heterocycles. The molecule has 0 bridgehead atoms. The number of para-hydroxylation sites is 1. The number of aromatic nitrogens is 4. The summed E-state index contributed by atoms with van der Waals surface area (Å²) < 4.78 is 3.13. The van der Waals surface area contributed by atoms with Gasteiger partial charge in [0, 0.05) is 31.0 Å². The van der Waals surface area contributed by atoms with Crippen molar-refractivity contribution in [3.63, 3.8) is 0 Å². The van der Waals surface area contributed by atoms with Gasteiger partial charge in [0.25, 0.3) is 5.91 Å². The number of carboxylic acid groups (broad SMARTS) is 1. The molecule has 2 aromatic heterocycles.